The van der Waals surface area contributed by atoms with Crippen LogP contribution in [0.1, 0.15) is 11.1 Å². The maximum Gasteiger partial charge on any atom is 0.417 e. The molecule has 3 rings (SSSR count). The molecule has 0 unspecified atom stereocenters. The van der Waals surface area contributed by atoms with Gasteiger partial charge in [-0.3, -0.25) is 9.71 Å². The quantitative estimate of drug-likeness (QED) is 0.738. The number of oxazole rings is 1. The van der Waals surface area contributed by atoms with Crippen LogP contribution in [0.5, 0.6) is 0 Å². The summed E-state index contributed by atoms with van der Waals surface area (Å²) in [7, 11) is -4.18. The van der Waals surface area contributed by atoms with Crippen molar-refractivity contribution in [3.05, 3.63) is 58.1 Å². The van der Waals surface area contributed by atoms with E-state index in [1.807, 2.05) is 0 Å². The molecule has 6 nitrogen and oxygen atoms in total. The molecule has 132 valence electrons. The zero-order valence-electron chi connectivity index (χ0n) is 12.6. The minimum absolute atomic E-state index is 0.0278. The zero-order chi connectivity index (χ0) is 18.4. The van der Waals surface area contributed by atoms with Gasteiger partial charge < -0.3 is 4.42 Å². The minimum atomic E-state index is -4.59. The molecular weight excluding hydrogens is 361 g/mol. The fraction of sp³-hybridized carbons (Fsp3) is 0.133. The van der Waals surface area contributed by atoms with Gasteiger partial charge in [-0.25, -0.2) is 13.2 Å². The van der Waals surface area contributed by atoms with Gasteiger partial charge in [-0.05, 0) is 36.8 Å². The van der Waals surface area contributed by atoms with Gasteiger partial charge in [0.25, 0.3) is 10.0 Å². The Labute approximate surface area is 139 Å². The van der Waals surface area contributed by atoms with E-state index >= 15 is 0 Å². The number of nitrogens with one attached hydrogen (secondary N) is 2. The van der Waals surface area contributed by atoms with Gasteiger partial charge in [0, 0.05) is 11.8 Å². The maximum atomic E-state index is 12.7. The SMILES string of the molecule is Cc1cc2[nH]c(=O)oc2cc1S(=O)(=O)Nc1cccc(C(F)(F)F)c1. The largest absolute Gasteiger partial charge is 0.417 e. The summed E-state index contributed by atoms with van der Waals surface area (Å²) in [5.41, 5.74) is -0.564. The number of aryl methyl sites for hydroxylation is 1. The zero-order valence-corrected chi connectivity index (χ0v) is 13.5. The number of aromatic amines is 1. The molecule has 1 aromatic heterocycles. The molecule has 0 aliphatic carbocycles. The second-order valence-corrected chi connectivity index (χ2v) is 6.96. The number of H-pyrrole nitrogens is 1. The van der Waals surface area contributed by atoms with Gasteiger partial charge in [0.2, 0.25) is 0 Å². The molecule has 0 atom stereocenters. The van der Waals surface area contributed by atoms with Gasteiger partial charge in [-0.1, -0.05) is 6.07 Å². The summed E-state index contributed by atoms with van der Waals surface area (Å²) in [6.45, 7) is 1.49. The predicted molar refractivity (Wildman–Crippen MR) is 83.8 cm³/mol. The molecule has 2 N–H and O–H groups in total. The summed E-state index contributed by atoms with van der Waals surface area (Å²) in [5, 5.41) is 0. The van der Waals surface area contributed by atoms with Crippen molar-refractivity contribution in [2.75, 3.05) is 4.72 Å². The van der Waals surface area contributed by atoms with Gasteiger partial charge in [0.15, 0.2) is 5.58 Å². The van der Waals surface area contributed by atoms with E-state index in [4.69, 9.17) is 4.42 Å². The number of anilines is 1. The second-order valence-electron chi connectivity index (χ2n) is 5.31. The molecule has 0 aliphatic rings. The van der Waals surface area contributed by atoms with E-state index in [0.29, 0.717) is 17.1 Å². The Morgan fingerprint density at radius 3 is 2.56 bits per heavy atom. The normalized spacial score (nSPS) is 12.5. The van der Waals surface area contributed by atoms with E-state index < -0.39 is 27.5 Å². The van der Waals surface area contributed by atoms with E-state index in [1.54, 1.807) is 0 Å². The molecule has 0 spiro atoms. The van der Waals surface area contributed by atoms with Gasteiger partial charge >= 0.3 is 11.9 Å². The average molecular weight is 372 g/mol. The van der Waals surface area contributed by atoms with Crippen molar-refractivity contribution in [1.29, 1.82) is 0 Å². The lowest BCUT2D eigenvalue weighted by atomic mass is 10.2. The van der Waals surface area contributed by atoms with Crippen LogP contribution in [0, 0.1) is 6.92 Å². The fourth-order valence-electron chi connectivity index (χ4n) is 2.35. The van der Waals surface area contributed by atoms with Crippen LogP contribution >= 0.6 is 0 Å². The summed E-state index contributed by atoms with van der Waals surface area (Å²) in [6.07, 6.45) is -4.59. The lowest BCUT2D eigenvalue weighted by Crippen LogP contribution is -2.15. The van der Waals surface area contributed by atoms with Crippen molar-refractivity contribution in [3.63, 3.8) is 0 Å². The van der Waals surface area contributed by atoms with Crippen LogP contribution in [-0.4, -0.2) is 13.4 Å². The molecule has 2 aromatic carbocycles. The van der Waals surface area contributed by atoms with E-state index in [-0.39, 0.29) is 16.2 Å². The highest BCUT2D eigenvalue weighted by atomic mass is 32.2. The number of sulfonamides is 1. The van der Waals surface area contributed by atoms with Gasteiger partial charge in [0.1, 0.15) is 0 Å². The highest BCUT2D eigenvalue weighted by molar-refractivity contribution is 7.92. The molecule has 0 aliphatic heterocycles. The Morgan fingerprint density at radius 2 is 1.88 bits per heavy atom. The van der Waals surface area contributed by atoms with Gasteiger partial charge in [0.05, 0.1) is 16.0 Å². The first-order valence-corrected chi connectivity index (χ1v) is 8.38. The highest BCUT2D eigenvalue weighted by Gasteiger charge is 2.31. The van der Waals surface area contributed by atoms with Crippen molar-refractivity contribution in [2.24, 2.45) is 0 Å². The molecule has 0 radical (unpaired) electrons. The number of aromatic nitrogens is 1. The number of hydrogen-bond acceptors (Lipinski definition) is 4. The first kappa shape index (κ1) is 17.1. The Bertz CT molecular complexity index is 1110. The van der Waals surface area contributed by atoms with Crippen LogP contribution in [0.4, 0.5) is 18.9 Å². The van der Waals surface area contributed by atoms with Crippen LogP contribution in [0.2, 0.25) is 0 Å². The van der Waals surface area contributed by atoms with Crippen LogP contribution in [0.3, 0.4) is 0 Å². The van der Waals surface area contributed by atoms with Crippen LogP contribution < -0.4 is 10.5 Å². The average Bonchev–Trinajstić information content (AvgIpc) is 2.84. The van der Waals surface area contributed by atoms with E-state index in [1.165, 1.54) is 19.1 Å². The van der Waals surface area contributed by atoms with Gasteiger partial charge in [-0.15, -0.1) is 0 Å². The lowest BCUT2D eigenvalue weighted by Gasteiger charge is -2.12. The molecule has 0 bridgehead atoms. The summed E-state index contributed by atoms with van der Waals surface area (Å²) in [4.78, 5) is 13.4. The number of alkyl halides is 3. The summed E-state index contributed by atoms with van der Waals surface area (Å²) in [5.74, 6) is -0.741. The maximum absolute atomic E-state index is 12.7. The number of halogens is 3. The number of benzene rings is 2. The third kappa shape index (κ3) is 3.38. The van der Waals surface area contributed by atoms with E-state index in [2.05, 4.69) is 9.71 Å². The van der Waals surface area contributed by atoms with Crippen molar-refractivity contribution in [2.45, 2.75) is 18.0 Å². The topological polar surface area (TPSA) is 92.2 Å². The molecule has 10 heteroatoms. The first-order valence-electron chi connectivity index (χ1n) is 6.90. The minimum Gasteiger partial charge on any atom is -0.408 e. The predicted octanol–water partition coefficient (Wildman–Crippen LogP) is 3.25. The number of fused-ring (bicyclic) bond motifs is 1. The molecule has 3 aromatic rings. The third-order valence-electron chi connectivity index (χ3n) is 3.45. The fourth-order valence-corrected chi connectivity index (χ4v) is 3.64. The van der Waals surface area contributed by atoms with Crippen molar-refractivity contribution in [1.82, 2.24) is 4.98 Å². The van der Waals surface area contributed by atoms with Crippen LogP contribution in [-0.2, 0) is 16.2 Å². The smallest absolute Gasteiger partial charge is 0.408 e. The van der Waals surface area contributed by atoms with Crippen LogP contribution in [0.15, 0.2) is 50.5 Å². The molecule has 0 saturated heterocycles. The summed E-state index contributed by atoms with van der Waals surface area (Å²) < 4.78 is 70.2. The number of hydrogen-bond donors (Lipinski definition) is 2. The third-order valence-corrected chi connectivity index (χ3v) is 4.97. The number of rotatable bonds is 3. The summed E-state index contributed by atoms with van der Waals surface area (Å²) >= 11 is 0. The Balaban J connectivity index is 2.03. The van der Waals surface area contributed by atoms with Gasteiger partial charge in [-0.2, -0.15) is 13.2 Å². The molecule has 25 heavy (non-hydrogen) atoms. The Hall–Kier alpha value is -2.75. The molecule has 1 heterocycles. The van der Waals surface area contributed by atoms with Crippen molar-refractivity contribution >= 4 is 26.8 Å². The first-order chi connectivity index (χ1) is 11.6. The standard InChI is InChI=1S/C15H11F3N2O4S/c1-8-5-11-12(24-14(21)19-11)7-13(8)25(22,23)20-10-4-2-3-9(6-10)15(16,17)18/h2-7,20H,1H3,(H,19,21). The lowest BCUT2D eigenvalue weighted by molar-refractivity contribution is -0.137. The Kier molecular flexibility index (Phi) is 3.87. The van der Waals surface area contributed by atoms with E-state index in [9.17, 15) is 26.4 Å². The monoisotopic (exact) mass is 372 g/mol. The molecule has 0 saturated carbocycles. The molecule has 0 fully saturated rings. The molecular formula is C15H11F3N2O4S. The summed E-state index contributed by atoms with van der Waals surface area (Å²) in [6, 6.07) is 6.38. The molecule has 0 amide bonds. The Morgan fingerprint density at radius 1 is 1.16 bits per heavy atom. The highest BCUT2D eigenvalue weighted by Crippen LogP contribution is 2.31. The van der Waals surface area contributed by atoms with Crippen molar-refractivity contribution in [3.8, 4) is 0 Å². The van der Waals surface area contributed by atoms with E-state index in [0.717, 1.165) is 18.2 Å². The van der Waals surface area contributed by atoms with Crippen LogP contribution in [0.25, 0.3) is 11.1 Å². The van der Waals surface area contributed by atoms with Crippen molar-refractivity contribution < 1.29 is 26.0 Å². The second kappa shape index (κ2) is 5.66.